The van der Waals surface area contributed by atoms with Gasteiger partial charge >= 0.3 is 0 Å². The number of ether oxygens (including phenoxy) is 1. The number of fused-ring (bicyclic) bond motifs is 1. The predicted octanol–water partition coefficient (Wildman–Crippen LogP) is 2.26. The lowest BCUT2D eigenvalue weighted by Crippen LogP contribution is -2.35. The summed E-state index contributed by atoms with van der Waals surface area (Å²) in [7, 11) is 0. The minimum atomic E-state index is -0.652. The van der Waals surface area contributed by atoms with Gasteiger partial charge in [0.1, 0.15) is 0 Å². The number of aliphatic hydroxyl groups is 1. The molecule has 0 spiro atoms. The SMILES string of the molecule is CC(C)COCC(O)CNC(=O)Cc1ccc2c(c1)CCCC2. The third-order valence-corrected chi connectivity index (χ3v) is 4.07. The van der Waals surface area contributed by atoms with E-state index in [-0.39, 0.29) is 19.1 Å². The lowest BCUT2D eigenvalue weighted by atomic mass is 9.90. The molecule has 1 aliphatic carbocycles. The lowest BCUT2D eigenvalue weighted by molar-refractivity contribution is -0.121. The van der Waals surface area contributed by atoms with Crippen molar-refractivity contribution in [1.82, 2.24) is 5.32 Å². The summed E-state index contributed by atoms with van der Waals surface area (Å²) < 4.78 is 5.37. The van der Waals surface area contributed by atoms with Crippen LogP contribution in [0.5, 0.6) is 0 Å². The molecular formula is C19H29NO3. The van der Waals surface area contributed by atoms with Gasteiger partial charge in [-0.05, 0) is 48.3 Å². The maximum Gasteiger partial charge on any atom is 0.224 e. The van der Waals surface area contributed by atoms with Crippen LogP contribution in [0.2, 0.25) is 0 Å². The second-order valence-corrected chi connectivity index (χ2v) is 6.88. The van der Waals surface area contributed by atoms with E-state index in [4.69, 9.17) is 4.74 Å². The van der Waals surface area contributed by atoms with E-state index in [0.29, 0.717) is 18.9 Å². The van der Waals surface area contributed by atoms with Crippen LogP contribution in [0.1, 0.15) is 43.4 Å². The zero-order chi connectivity index (χ0) is 16.7. The first-order chi connectivity index (χ1) is 11.0. The van der Waals surface area contributed by atoms with Gasteiger partial charge in [-0.1, -0.05) is 32.0 Å². The van der Waals surface area contributed by atoms with Crippen molar-refractivity contribution in [1.29, 1.82) is 0 Å². The van der Waals surface area contributed by atoms with Gasteiger partial charge in [0.15, 0.2) is 0 Å². The van der Waals surface area contributed by atoms with Crippen molar-refractivity contribution >= 4 is 5.91 Å². The van der Waals surface area contributed by atoms with Crippen LogP contribution in [0.15, 0.2) is 18.2 Å². The molecule has 1 amide bonds. The van der Waals surface area contributed by atoms with Crippen LogP contribution in [0.4, 0.5) is 0 Å². The molecule has 0 saturated heterocycles. The van der Waals surface area contributed by atoms with E-state index < -0.39 is 6.10 Å². The van der Waals surface area contributed by atoms with Crippen LogP contribution in [-0.2, 0) is 28.8 Å². The molecule has 0 heterocycles. The van der Waals surface area contributed by atoms with Gasteiger partial charge in [-0.3, -0.25) is 4.79 Å². The van der Waals surface area contributed by atoms with Crippen molar-refractivity contribution in [2.45, 2.75) is 52.1 Å². The Kier molecular flexibility index (Phi) is 7.06. The summed E-state index contributed by atoms with van der Waals surface area (Å²) in [5, 5.41) is 12.6. The maximum absolute atomic E-state index is 12.0. The van der Waals surface area contributed by atoms with E-state index >= 15 is 0 Å². The van der Waals surface area contributed by atoms with Crippen LogP contribution in [0.3, 0.4) is 0 Å². The zero-order valence-electron chi connectivity index (χ0n) is 14.3. The largest absolute Gasteiger partial charge is 0.389 e. The molecule has 0 radical (unpaired) electrons. The topological polar surface area (TPSA) is 58.6 Å². The van der Waals surface area contributed by atoms with Gasteiger partial charge in [-0.2, -0.15) is 0 Å². The number of carbonyl (C=O) groups excluding carboxylic acids is 1. The van der Waals surface area contributed by atoms with Crippen molar-refractivity contribution in [3.63, 3.8) is 0 Å². The van der Waals surface area contributed by atoms with Gasteiger partial charge in [0.25, 0.3) is 0 Å². The number of aliphatic hydroxyl groups excluding tert-OH is 1. The molecule has 2 rings (SSSR count). The Morgan fingerprint density at radius 3 is 2.70 bits per heavy atom. The van der Waals surface area contributed by atoms with E-state index in [1.807, 2.05) is 6.07 Å². The average Bonchev–Trinajstić information content (AvgIpc) is 2.52. The van der Waals surface area contributed by atoms with Gasteiger partial charge in [0, 0.05) is 13.2 Å². The van der Waals surface area contributed by atoms with Crippen LogP contribution < -0.4 is 5.32 Å². The minimum absolute atomic E-state index is 0.0522. The van der Waals surface area contributed by atoms with E-state index in [2.05, 4.69) is 31.3 Å². The molecule has 4 nitrogen and oxygen atoms in total. The Labute approximate surface area is 139 Å². The molecule has 0 fully saturated rings. The number of nitrogens with one attached hydrogen (secondary N) is 1. The first-order valence-corrected chi connectivity index (χ1v) is 8.67. The molecule has 1 unspecified atom stereocenters. The standard InChI is InChI=1S/C19H29NO3/c1-14(2)12-23-13-18(21)11-20-19(22)10-15-7-8-16-5-3-4-6-17(16)9-15/h7-9,14,18,21H,3-6,10-13H2,1-2H3,(H,20,22). The molecule has 1 aliphatic rings. The van der Waals surface area contributed by atoms with Crippen molar-refractivity contribution in [3.8, 4) is 0 Å². The molecule has 1 aromatic rings. The van der Waals surface area contributed by atoms with Crippen LogP contribution in [0, 0.1) is 5.92 Å². The highest BCUT2D eigenvalue weighted by Crippen LogP contribution is 2.22. The van der Waals surface area contributed by atoms with Gasteiger partial charge in [-0.25, -0.2) is 0 Å². The van der Waals surface area contributed by atoms with Gasteiger partial charge < -0.3 is 15.2 Å². The molecule has 0 bridgehead atoms. The van der Waals surface area contributed by atoms with Gasteiger partial charge in [0.2, 0.25) is 5.91 Å². The molecule has 4 heteroatoms. The number of benzene rings is 1. The number of amides is 1. The van der Waals surface area contributed by atoms with Crippen molar-refractivity contribution in [2.75, 3.05) is 19.8 Å². The maximum atomic E-state index is 12.0. The molecular weight excluding hydrogens is 290 g/mol. The average molecular weight is 319 g/mol. The van der Waals surface area contributed by atoms with Gasteiger partial charge in [-0.15, -0.1) is 0 Å². The summed E-state index contributed by atoms with van der Waals surface area (Å²) in [6, 6.07) is 6.37. The van der Waals surface area contributed by atoms with E-state index in [1.165, 1.54) is 24.0 Å². The Balaban J connectivity index is 1.72. The predicted molar refractivity (Wildman–Crippen MR) is 91.5 cm³/mol. The molecule has 23 heavy (non-hydrogen) atoms. The summed E-state index contributed by atoms with van der Waals surface area (Å²) >= 11 is 0. The van der Waals surface area contributed by atoms with E-state index in [1.54, 1.807) is 0 Å². The highest BCUT2D eigenvalue weighted by atomic mass is 16.5. The third-order valence-electron chi connectivity index (χ3n) is 4.07. The Hall–Kier alpha value is -1.39. The van der Waals surface area contributed by atoms with Crippen molar-refractivity contribution < 1.29 is 14.6 Å². The normalized spacial score (nSPS) is 15.3. The van der Waals surface area contributed by atoms with Crippen LogP contribution >= 0.6 is 0 Å². The van der Waals surface area contributed by atoms with E-state index in [0.717, 1.165) is 18.4 Å². The fourth-order valence-corrected chi connectivity index (χ4v) is 2.87. The Morgan fingerprint density at radius 1 is 1.22 bits per heavy atom. The summed E-state index contributed by atoms with van der Waals surface area (Å²) in [5.74, 6) is 0.393. The fourth-order valence-electron chi connectivity index (χ4n) is 2.87. The summed E-state index contributed by atoms with van der Waals surface area (Å²) in [6.07, 6.45) is 4.50. The molecule has 0 aromatic heterocycles. The molecule has 1 aromatic carbocycles. The summed E-state index contributed by atoms with van der Waals surface area (Å²) in [5.41, 5.74) is 3.87. The second kappa shape index (κ2) is 9.04. The molecule has 128 valence electrons. The first kappa shape index (κ1) is 18.0. The second-order valence-electron chi connectivity index (χ2n) is 6.88. The zero-order valence-corrected chi connectivity index (χ0v) is 14.3. The molecule has 2 N–H and O–H groups in total. The van der Waals surface area contributed by atoms with Gasteiger partial charge in [0.05, 0.1) is 19.1 Å². The minimum Gasteiger partial charge on any atom is -0.389 e. The monoisotopic (exact) mass is 319 g/mol. The van der Waals surface area contributed by atoms with Crippen molar-refractivity contribution in [2.24, 2.45) is 5.92 Å². The Morgan fingerprint density at radius 2 is 1.96 bits per heavy atom. The number of rotatable bonds is 8. The first-order valence-electron chi connectivity index (χ1n) is 8.67. The smallest absolute Gasteiger partial charge is 0.224 e. The highest BCUT2D eigenvalue weighted by molar-refractivity contribution is 5.78. The summed E-state index contributed by atoms with van der Waals surface area (Å²) in [4.78, 5) is 12.0. The quantitative estimate of drug-likeness (QED) is 0.773. The molecule has 1 atom stereocenters. The lowest BCUT2D eigenvalue weighted by Gasteiger charge is -2.17. The molecule has 0 saturated carbocycles. The fraction of sp³-hybridized carbons (Fsp3) is 0.632. The highest BCUT2D eigenvalue weighted by Gasteiger charge is 2.12. The number of carbonyl (C=O) groups is 1. The Bertz CT molecular complexity index is 513. The number of aryl methyl sites for hydroxylation is 2. The third kappa shape index (κ3) is 6.32. The van der Waals surface area contributed by atoms with Crippen LogP contribution in [0.25, 0.3) is 0 Å². The van der Waals surface area contributed by atoms with Crippen LogP contribution in [-0.4, -0.2) is 36.9 Å². The van der Waals surface area contributed by atoms with E-state index in [9.17, 15) is 9.90 Å². The van der Waals surface area contributed by atoms with Crippen molar-refractivity contribution in [3.05, 3.63) is 34.9 Å². The number of hydrogen-bond donors (Lipinski definition) is 2. The molecule has 0 aliphatic heterocycles. The summed E-state index contributed by atoms with van der Waals surface area (Å²) in [6.45, 7) is 5.25. The number of hydrogen-bond acceptors (Lipinski definition) is 3.